The van der Waals surface area contributed by atoms with Gasteiger partial charge in [-0.05, 0) is 55.5 Å². The zero-order valence-electron chi connectivity index (χ0n) is 10.9. The highest BCUT2D eigenvalue weighted by molar-refractivity contribution is 6.30. The number of hydrogen-bond acceptors (Lipinski definition) is 3. The largest absolute Gasteiger partial charge is 0.508 e. The fourth-order valence-electron chi connectivity index (χ4n) is 1.70. The maximum absolute atomic E-state index is 12.0. The highest BCUT2D eigenvalue weighted by Crippen LogP contribution is 2.16. The van der Waals surface area contributed by atoms with Gasteiger partial charge in [0, 0.05) is 28.0 Å². The van der Waals surface area contributed by atoms with Crippen molar-refractivity contribution in [2.45, 2.75) is 6.92 Å². The van der Waals surface area contributed by atoms with Gasteiger partial charge >= 0.3 is 0 Å². The summed E-state index contributed by atoms with van der Waals surface area (Å²) < 4.78 is 0. The van der Waals surface area contributed by atoms with Crippen molar-refractivity contribution in [1.29, 1.82) is 0 Å². The average Bonchev–Trinajstić information content (AvgIpc) is 2.42. The fraction of sp³-hybridized carbons (Fsp3) is 0.0625. The lowest BCUT2D eigenvalue weighted by atomic mass is 10.1. The van der Waals surface area contributed by atoms with E-state index >= 15 is 0 Å². The van der Waals surface area contributed by atoms with Gasteiger partial charge in [-0.2, -0.15) is 0 Å². The second kappa shape index (κ2) is 6.26. The first-order valence-corrected chi connectivity index (χ1v) is 6.46. The van der Waals surface area contributed by atoms with Crippen LogP contribution in [0.1, 0.15) is 17.3 Å². The van der Waals surface area contributed by atoms with Crippen LogP contribution in [-0.2, 0) is 0 Å². The van der Waals surface area contributed by atoms with Gasteiger partial charge in [-0.3, -0.25) is 4.79 Å². The number of anilines is 1. The van der Waals surface area contributed by atoms with E-state index < -0.39 is 0 Å². The second-order valence-corrected chi connectivity index (χ2v) is 4.81. The monoisotopic (exact) mass is 287 g/mol. The summed E-state index contributed by atoms with van der Waals surface area (Å²) in [7, 11) is 0. The third-order valence-corrected chi connectivity index (χ3v) is 2.94. The zero-order chi connectivity index (χ0) is 14.5. The van der Waals surface area contributed by atoms with E-state index in [1.807, 2.05) is 0 Å². The number of carbonyl (C=O) groups excluding carboxylic acids is 1. The Morgan fingerprint density at radius 3 is 2.30 bits per heavy atom. The fourth-order valence-corrected chi connectivity index (χ4v) is 1.83. The number of nitrogens with one attached hydrogen (secondary N) is 1. The van der Waals surface area contributed by atoms with Crippen LogP contribution >= 0.6 is 11.6 Å². The average molecular weight is 288 g/mol. The molecule has 0 aromatic heterocycles. The van der Waals surface area contributed by atoms with Crippen molar-refractivity contribution < 1.29 is 9.90 Å². The molecule has 0 aliphatic heterocycles. The van der Waals surface area contributed by atoms with E-state index in [0.717, 1.165) is 11.4 Å². The number of rotatable bonds is 4. The Morgan fingerprint density at radius 1 is 1.10 bits per heavy atom. The van der Waals surface area contributed by atoms with Crippen LogP contribution in [0.15, 0.2) is 60.3 Å². The van der Waals surface area contributed by atoms with E-state index in [0.29, 0.717) is 10.6 Å². The lowest BCUT2D eigenvalue weighted by Gasteiger charge is -2.06. The number of carbonyl (C=O) groups is 1. The molecule has 0 aliphatic rings. The van der Waals surface area contributed by atoms with Gasteiger partial charge < -0.3 is 10.4 Å². The van der Waals surface area contributed by atoms with Crippen molar-refractivity contribution in [3.8, 4) is 5.75 Å². The summed E-state index contributed by atoms with van der Waals surface area (Å²) in [6.45, 7) is 1.81. The molecular weight excluding hydrogens is 274 g/mol. The molecule has 0 amide bonds. The number of aromatic hydroxyl groups is 1. The van der Waals surface area contributed by atoms with Gasteiger partial charge in [-0.25, -0.2) is 0 Å². The lowest BCUT2D eigenvalue weighted by molar-refractivity contribution is 0.104. The summed E-state index contributed by atoms with van der Waals surface area (Å²) in [6.07, 6.45) is 1.52. The van der Waals surface area contributed by atoms with Gasteiger partial charge in [-0.1, -0.05) is 11.6 Å². The number of phenolic OH excluding ortho intramolecular Hbond substituents is 1. The second-order valence-electron chi connectivity index (χ2n) is 4.37. The summed E-state index contributed by atoms with van der Waals surface area (Å²) in [5.74, 6) is 0.111. The Balaban J connectivity index is 2.07. The molecule has 2 aromatic carbocycles. The number of hydrogen-bond donors (Lipinski definition) is 2. The minimum atomic E-state index is -0.0922. The lowest BCUT2D eigenvalue weighted by Crippen LogP contribution is -2.01. The minimum Gasteiger partial charge on any atom is -0.508 e. The molecule has 3 nitrogen and oxygen atoms in total. The van der Waals surface area contributed by atoms with Crippen LogP contribution in [0.5, 0.6) is 5.75 Å². The molecule has 0 atom stereocenters. The van der Waals surface area contributed by atoms with Crippen molar-refractivity contribution >= 4 is 23.1 Å². The molecule has 20 heavy (non-hydrogen) atoms. The van der Waals surface area contributed by atoms with E-state index in [1.54, 1.807) is 55.5 Å². The Kier molecular flexibility index (Phi) is 4.43. The van der Waals surface area contributed by atoms with Gasteiger partial charge in [0.05, 0.1) is 0 Å². The molecule has 0 heterocycles. The molecule has 102 valence electrons. The molecular formula is C16H14ClNO2. The van der Waals surface area contributed by atoms with E-state index in [9.17, 15) is 9.90 Å². The molecule has 0 saturated heterocycles. The van der Waals surface area contributed by atoms with Crippen LogP contribution < -0.4 is 5.32 Å². The van der Waals surface area contributed by atoms with Crippen LogP contribution in [0.25, 0.3) is 0 Å². The normalized spacial score (nSPS) is 11.2. The maximum Gasteiger partial charge on any atom is 0.187 e. The Bertz CT molecular complexity index is 631. The third kappa shape index (κ3) is 3.87. The zero-order valence-corrected chi connectivity index (χ0v) is 11.7. The molecule has 0 radical (unpaired) electrons. The molecule has 0 bridgehead atoms. The van der Waals surface area contributed by atoms with Crippen molar-refractivity contribution in [2.24, 2.45) is 0 Å². The number of ketones is 1. The summed E-state index contributed by atoms with van der Waals surface area (Å²) in [4.78, 5) is 12.0. The molecule has 2 N–H and O–H groups in total. The Hall–Kier alpha value is -2.26. The van der Waals surface area contributed by atoms with Gasteiger partial charge in [0.15, 0.2) is 5.78 Å². The van der Waals surface area contributed by atoms with Crippen molar-refractivity contribution in [1.82, 2.24) is 0 Å². The highest BCUT2D eigenvalue weighted by atomic mass is 35.5. The predicted molar refractivity (Wildman–Crippen MR) is 81.3 cm³/mol. The molecule has 2 aromatic rings. The first-order chi connectivity index (χ1) is 9.54. The number of benzene rings is 2. The van der Waals surface area contributed by atoms with Gasteiger partial charge in [0.25, 0.3) is 0 Å². The summed E-state index contributed by atoms with van der Waals surface area (Å²) in [5.41, 5.74) is 2.11. The first-order valence-electron chi connectivity index (χ1n) is 6.09. The van der Waals surface area contributed by atoms with Gasteiger partial charge in [0.1, 0.15) is 5.75 Å². The third-order valence-electron chi connectivity index (χ3n) is 2.69. The van der Waals surface area contributed by atoms with Gasteiger partial charge in [0.2, 0.25) is 0 Å². The van der Waals surface area contributed by atoms with Crippen molar-refractivity contribution in [3.05, 3.63) is 70.9 Å². The number of phenols is 1. The van der Waals surface area contributed by atoms with Crippen LogP contribution in [0.4, 0.5) is 5.69 Å². The first kappa shape index (κ1) is 14.2. The van der Waals surface area contributed by atoms with Crippen LogP contribution in [0.3, 0.4) is 0 Å². The smallest absolute Gasteiger partial charge is 0.187 e. The molecule has 4 heteroatoms. The van der Waals surface area contributed by atoms with Crippen LogP contribution in [0, 0.1) is 0 Å². The van der Waals surface area contributed by atoms with E-state index in [-0.39, 0.29) is 11.5 Å². The number of halogens is 1. The van der Waals surface area contributed by atoms with E-state index in [4.69, 9.17) is 11.6 Å². The number of allylic oxidation sites excluding steroid dienone is 2. The maximum atomic E-state index is 12.0. The molecule has 0 unspecified atom stereocenters. The minimum absolute atomic E-state index is 0.0922. The van der Waals surface area contributed by atoms with Gasteiger partial charge in [-0.15, -0.1) is 0 Å². The Morgan fingerprint density at radius 2 is 1.70 bits per heavy atom. The molecule has 0 saturated carbocycles. The SMILES string of the molecule is C/C(=C\C(=O)c1ccc(Cl)cc1)Nc1ccc(O)cc1. The molecule has 2 rings (SSSR count). The Labute approximate surface area is 122 Å². The molecule has 0 fully saturated rings. The summed E-state index contributed by atoms with van der Waals surface area (Å²) in [6, 6.07) is 13.4. The van der Waals surface area contributed by atoms with E-state index in [2.05, 4.69) is 5.32 Å². The summed E-state index contributed by atoms with van der Waals surface area (Å²) in [5, 5.41) is 12.9. The van der Waals surface area contributed by atoms with Crippen LogP contribution in [-0.4, -0.2) is 10.9 Å². The standard InChI is InChI=1S/C16H14ClNO2/c1-11(18-14-6-8-15(19)9-7-14)10-16(20)12-2-4-13(17)5-3-12/h2-10,18-19H,1H3/b11-10+. The summed E-state index contributed by atoms with van der Waals surface area (Å²) >= 11 is 5.78. The highest BCUT2D eigenvalue weighted by Gasteiger charge is 2.03. The van der Waals surface area contributed by atoms with Crippen molar-refractivity contribution in [3.63, 3.8) is 0 Å². The predicted octanol–water partition coefficient (Wildman–Crippen LogP) is 4.24. The van der Waals surface area contributed by atoms with E-state index in [1.165, 1.54) is 6.08 Å². The quantitative estimate of drug-likeness (QED) is 0.502. The topological polar surface area (TPSA) is 49.3 Å². The molecule has 0 aliphatic carbocycles. The van der Waals surface area contributed by atoms with Crippen molar-refractivity contribution in [2.75, 3.05) is 5.32 Å². The molecule has 0 spiro atoms. The van der Waals surface area contributed by atoms with Crippen LogP contribution in [0.2, 0.25) is 5.02 Å².